The zero-order valence-corrected chi connectivity index (χ0v) is 10.1. The third-order valence-corrected chi connectivity index (χ3v) is 4.04. The second-order valence-corrected chi connectivity index (χ2v) is 6.48. The summed E-state index contributed by atoms with van der Waals surface area (Å²) in [6.45, 7) is 14.4. The van der Waals surface area contributed by atoms with Gasteiger partial charge >= 0.3 is 0 Å². The molecule has 13 heavy (non-hydrogen) atoms. The monoisotopic (exact) mass is 179 g/mol. The fourth-order valence-corrected chi connectivity index (χ4v) is 2.67. The van der Waals surface area contributed by atoms with Gasteiger partial charge in [-0.3, -0.25) is 0 Å². The van der Waals surface area contributed by atoms with E-state index < -0.39 is 0 Å². The zero-order chi connectivity index (χ0) is 10.3. The molecule has 0 aliphatic carbocycles. The third kappa shape index (κ3) is 2.30. The van der Waals surface area contributed by atoms with Gasteiger partial charge in [0.25, 0.3) is 0 Å². The summed E-state index contributed by atoms with van der Waals surface area (Å²) < 4.78 is 0. The second-order valence-electron chi connectivity index (χ2n) is 6.48. The van der Waals surface area contributed by atoms with E-state index in [1.54, 1.807) is 0 Å². The van der Waals surface area contributed by atoms with Crippen molar-refractivity contribution in [2.45, 2.75) is 54.2 Å². The minimum absolute atomic E-state index is 0.466. The van der Waals surface area contributed by atoms with Gasteiger partial charge in [0.05, 0.1) is 0 Å². The molecular weight excluding hydrogens is 155 g/mol. The lowest BCUT2D eigenvalue weighted by Gasteiger charge is -2.47. The van der Waals surface area contributed by atoms with Crippen LogP contribution in [0.3, 0.4) is 0 Å². The van der Waals surface area contributed by atoms with E-state index in [9.17, 15) is 0 Å². The van der Waals surface area contributed by atoms with Gasteiger partial charge < -0.3 is 0 Å². The Hall–Kier alpha value is 0.0649. The van der Waals surface area contributed by atoms with Gasteiger partial charge in [-0.05, 0) is 22.7 Å². The van der Waals surface area contributed by atoms with Crippen molar-refractivity contribution in [1.29, 1.82) is 0 Å². The molecule has 1 rings (SSSR count). The zero-order valence-electron chi connectivity index (χ0n) is 10.1. The van der Waals surface area contributed by atoms with Crippen LogP contribution in [0.5, 0.6) is 0 Å². The SMILES string of the molecule is C[C@@H]1[C@H](C(C)(C)C)C[B]CC1(C)C. The maximum absolute atomic E-state index is 2.50. The fraction of sp³-hybridized carbons (Fsp3) is 1.00. The van der Waals surface area contributed by atoms with E-state index >= 15 is 0 Å². The highest BCUT2D eigenvalue weighted by Gasteiger charge is 2.40. The molecular formula is C12H24B. The molecule has 0 bridgehead atoms. The van der Waals surface area contributed by atoms with Crippen LogP contribution in [0.15, 0.2) is 0 Å². The van der Waals surface area contributed by atoms with E-state index in [-0.39, 0.29) is 0 Å². The summed E-state index contributed by atoms with van der Waals surface area (Å²) in [7, 11) is 2.50. The van der Waals surface area contributed by atoms with Crippen LogP contribution in [0.1, 0.15) is 41.5 Å². The van der Waals surface area contributed by atoms with Crippen LogP contribution in [0, 0.1) is 22.7 Å². The normalized spacial score (nSPS) is 34.0. The molecule has 0 unspecified atom stereocenters. The molecule has 0 amide bonds. The van der Waals surface area contributed by atoms with Gasteiger partial charge in [-0.1, -0.05) is 54.2 Å². The standard InChI is InChI=1S/C12H24B/c1-9-10(11(2,3)4)7-13-8-12(9,5)6/h9-10H,7-8H2,1-6H3/t9-,10-/m1/s1. The van der Waals surface area contributed by atoms with Crippen molar-refractivity contribution in [2.24, 2.45) is 22.7 Å². The minimum Gasteiger partial charge on any atom is -0.0767 e. The van der Waals surface area contributed by atoms with Crippen molar-refractivity contribution in [2.75, 3.05) is 0 Å². The number of hydrogen-bond donors (Lipinski definition) is 0. The number of hydrogen-bond acceptors (Lipinski definition) is 0. The van der Waals surface area contributed by atoms with Gasteiger partial charge in [-0.25, -0.2) is 0 Å². The molecule has 0 spiro atoms. The van der Waals surface area contributed by atoms with Gasteiger partial charge in [0.15, 0.2) is 0 Å². The summed E-state index contributed by atoms with van der Waals surface area (Å²) in [5.41, 5.74) is 0.976. The van der Waals surface area contributed by atoms with E-state index in [0.29, 0.717) is 10.8 Å². The van der Waals surface area contributed by atoms with Crippen LogP contribution < -0.4 is 0 Å². The van der Waals surface area contributed by atoms with Crippen LogP contribution in [-0.4, -0.2) is 7.28 Å². The van der Waals surface area contributed by atoms with Gasteiger partial charge in [-0.2, -0.15) is 0 Å². The average Bonchev–Trinajstić information content (AvgIpc) is 1.92. The molecule has 1 aliphatic rings. The predicted molar refractivity (Wildman–Crippen MR) is 61.3 cm³/mol. The first-order chi connectivity index (χ1) is 5.75. The molecule has 0 aromatic heterocycles. The summed E-state index contributed by atoms with van der Waals surface area (Å²) in [5.74, 6) is 1.70. The molecule has 1 heterocycles. The smallest absolute Gasteiger partial charge is 0.0767 e. The maximum atomic E-state index is 2.50. The Kier molecular flexibility index (Phi) is 2.85. The highest BCUT2D eigenvalue weighted by atomic mass is 14.4. The van der Waals surface area contributed by atoms with E-state index in [0.717, 1.165) is 11.8 Å². The van der Waals surface area contributed by atoms with Gasteiger partial charge in [0.2, 0.25) is 0 Å². The average molecular weight is 179 g/mol. The highest BCUT2D eigenvalue weighted by Crippen LogP contribution is 2.48. The summed E-state index contributed by atoms with van der Waals surface area (Å²) >= 11 is 0. The fourth-order valence-electron chi connectivity index (χ4n) is 2.67. The molecule has 1 heteroatoms. The topological polar surface area (TPSA) is 0 Å². The Morgan fingerprint density at radius 2 is 1.77 bits per heavy atom. The van der Waals surface area contributed by atoms with E-state index in [1.807, 2.05) is 0 Å². The molecule has 0 N–H and O–H groups in total. The molecule has 0 saturated carbocycles. The second kappa shape index (κ2) is 3.33. The van der Waals surface area contributed by atoms with E-state index in [4.69, 9.17) is 0 Å². The first-order valence-electron chi connectivity index (χ1n) is 5.57. The van der Waals surface area contributed by atoms with Crippen molar-refractivity contribution >= 4 is 7.28 Å². The largest absolute Gasteiger partial charge is 0.110 e. The molecule has 1 saturated heterocycles. The minimum atomic E-state index is 0.466. The Labute approximate surface area is 84.7 Å². The first kappa shape index (κ1) is 11.1. The Bertz CT molecular complexity index is 176. The molecule has 0 aromatic carbocycles. The quantitative estimate of drug-likeness (QED) is 0.495. The maximum Gasteiger partial charge on any atom is 0.110 e. The predicted octanol–water partition coefficient (Wildman–Crippen LogP) is 3.87. The first-order valence-corrected chi connectivity index (χ1v) is 5.57. The molecule has 0 aromatic rings. The van der Waals surface area contributed by atoms with Crippen molar-refractivity contribution in [3.05, 3.63) is 0 Å². The van der Waals surface area contributed by atoms with Gasteiger partial charge in [-0.15, -0.1) is 0 Å². The third-order valence-electron chi connectivity index (χ3n) is 4.04. The Balaban J connectivity index is 2.77. The van der Waals surface area contributed by atoms with Crippen molar-refractivity contribution < 1.29 is 0 Å². The van der Waals surface area contributed by atoms with Crippen molar-refractivity contribution in [3.63, 3.8) is 0 Å². The van der Waals surface area contributed by atoms with Gasteiger partial charge in [0, 0.05) is 0 Å². The lowest BCUT2D eigenvalue weighted by molar-refractivity contribution is 0.0880. The summed E-state index contributed by atoms with van der Waals surface area (Å²) in [6, 6.07) is 0. The highest BCUT2D eigenvalue weighted by molar-refractivity contribution is 6.36. The van der Waals surface area contributed by atoms with Crippen LogP contribution in [0.25, 0.3) is 0 Å². The van der Waals surface area contributed by atoms with E-state index in [2.05, 4.69) is 48.8 Å². The molecule has 1 fully saturated rings. The molecule has 0 nitrogen and oxygen atoms in total. The summed E-state index contributed by atoms with van der Waals surface area (Å²) in [5, 5.41) is 0. The Morgan fingerprint density at radius 1 is 1.23 bits per heavy atom. The Morgan fingerprint density at radius 3 is 2.15 bits per heavy atom. The van der Waals surface area contributed by atoms with Crippen LogP contribution >= 0.6 is 0 Å². The lowest BCUT2D eigenvalue weighted by Crippen LogP contribution is -2.40. The molecule has 1 radical (unpaired) electrons. The van der Waals surface area contributed by atoms with Crippen molar-refractivity contribution in [1.82, 2.24) is 0 Å². The van der Waals surface area contributed by atoms with Crippen molar-refractivity contribution in [3.8, 4) is 0 Å². The van der Waals surface area contributed by atoms with Crippen LogP contribution in [0.4, 0.5) is 0 Å². The van der Waals surface area contributed by atoms with Gasteiger partial charge in [0.1, 0.15) is 7.28 Å². The van der Waals surface area contributed by atoms with Crippen LogP contribution in [0.2, 0.25) is 12.6 Å². The van der Waals surface area contributed by atoms with E-state index in [1.165, 1.54) is 12.6 Å². The molecule has 1 aliphatic heterocycles. The summed E-state index contributed by atoms with van der Waals surface area (Å²) in [6.07, 6.45) is 2.61. The summed E-state index contributed by atoms with van der Waals surface area (Å²) in [4.78, 5) is 0. The molecule has 75 valence electrons. The molecule has 2 atom stereocenters. The lowest BCUT2D eigenvalue weighted by atomic mass is 9.44. The van der Waals surface area contributed by atoms with Crippen LogP contribution in [-0.2, 0) is 0 Å². The number of rotatable bonds is 0.